The molecule has 0 amide bonds. The molecule has 0 bridgehead atoms. The van der Waals surface area contributed by atoms with Gasteiger partial charge < -0.3 is 10.4 Å². The topological polar surface area (TPSA) is 75.1 Å². The molecule has 1 aromatic rings. The molecule has 0 saturated carbocycles. The SMILES string of the molecule is Cc1cnc(CNC(C)C(C)C(=O)O)cn1. The van der Waals surface area contributed by atoms with Crippen LogP contribution in [0.1, 0.15) is 25.2 Å². The molecular weight excluding hydrogens is 206 g/mol. The Morgan fingerprint density at radius 1 is 1.44 bits per heavy atom. The molecule has 1 aromatic heterocycles. The van der Waals surface area contributed by atoms with Crippen LogP contribution in [0.5, 0.6) is 0 Å². The number of aromatic nitrogens is 2. The van der Waals surface area contributed by atoms with Gasteiger partial charge in [0.15, 0.2) is 0 Å². The van der Waals surface area contributed by atoms with E-state index in [0.29, 0.717) is 6.54 Å². The van der Waals surface area contributed by atoms with Crippen molar-refractivity contribution in [2.24, 2.45) is 5.92 Å². The molecule has 0 aliphatic heterocycles. The van der Waals surface area contributed by atoms with Crippen molar-refractivity contribution in [2.45, 2.75) is 33.4 Å². The zero-order valence-corrected chi connectivity index (χ0v) is 9.77. The molecule has 0 aliphatic carbocycles. The van der Waals surface area contributed by atoms with Gasteiger partial charge in [-0.3, -0.25) is 14.8 Å². The van der Waals surface area contributed by atoms with Gasteiger partial charge in [0.2, 0.25) is 0 Å². The number of aliphatic carboxylic acids is 1. The molecular formula is C11H17N3O2. The lowest BCUT2D eigenvalue weighted by Crippen LogP contribution is -2.35. The summed E-state index contributed by atoms with van der Waals surface area (Å²) >= 11 is 0. The van der Waals surface area contributed by atoms with Crippen molar-refractivity contribution in [3.63, 3.8) is 0 Å². The van der Waals surface area contributed by atoms with Gasteiger partial charge in [0, 0.05) is 25.0 Å². The summed E-state index contributed by atoms with van der Waals surface area (Å²) < 4.78 is 0. The van der Waals surface area contributed by atoms with E-state index in [-0.39, 0.29) is 6.04 Å². The minimum absolute atomic E-state index is 0.0967. The van der Waals surface area contributed by atoms with E-state index in [9.17, 15) is 4.79 Å². The van der Waals surface area contributed by atoms with Gasteiger partial charge in [-0.25, -0.2) is 0 Å². The first-order valence-corrected chi connectivity index (χ1v) is 5.24. The molecule has 5 heteroatoms. The molecule has 2 N–H and O–H groups in total. The van der Waals surface area contributed by atoms with Crippen LogP contribution < -0.4 is 5.32 Å². The summed E-state index contributed by atoms with van der Waals surface area (Å²) in [5.74, 6) is -1.21. The van der Waals surface area contributed by atoms with E-state index in [1.165, 1.54) is 0 Å². The van der Waals surface area contributed by atoms with Gasteiger partial charge in [0.1, 0.15) is 0 Å². The van der Waals surface area contributed by atoms with E-state index in [4.69, 9.17) is 5.11 Å². The first-order chi connectivity index (χ1) is 7.50. The average Bonchev–Trinajstić information content (AvgIpc) is 2.26. The van der Waals surface area contributed by atoms with Crippen LogP contribution in [0.25, 0.3) is 0 Å². The maximum absolute atomic E-state index is 10.7. The maximum Gasteiger partial charge on any atom is 0.307 e. The van der Waals surface area contributed by atoms with Gasteiger partial charge in [-0.2, -0.15) is 0 Å². The van der Waals surface area contributed by atoms with E-state index < -0.39 is 11.9 Å². The molecule has 88 valence electrons. The lowest BCUT2D eigenvalue weighted by Gasteiger charge is -2.17. The van der Waals surface area contributed by atoms with Gasteiger partial charge in [-0.1, -0.05) is 6.92 Å². The standard InChI is InChI=1S/C11H17N3O2/c1-7-4-14-10(5-12-7)6-13-9(3)8(2)11(15)16/h4-5,8-9,13H,6H2,1-3H3,(H,15,16). The van der Waals surface area contributed by atoms with E-state index >= 15 is 0 Å². The van der Waals surface area contributed by atoms with Gasteiger partial charge in [0.25, 0.3) is 0 Å². The van der Waals surface area contributed by atoms with Crippen molar-refractivity contribution in [2.75, 3.05) is 0 Å². The molecule has 0 aliphatic rings. The first kappa shape index (κ1) is 12.6. The van der Waals surface area contributed by atoms with Crippen LogP contribution in [0.4, 0.5) is 0 Å². The molecule has 0 radical (unpaired) electrons. The van der Waals surface area contributed by atoms with E-state index in [2.05, 4.69) is 15.3 Å². The lowest BCUT2D eigenvalue weighted by molar-refractivity contribution is -0.141. The molecule has 0 saturated heterocycles. The fourth-order valence-electron chi connectivity index (χ4n) is 1.17. The monoisotopic (exact) mass is 223 g/mol. The number of nitrogens with one attached hydrogen (secondary N) is 1. The highest BCUT2D eigenvalue weighted by atomic mass is 16.4. The number of nitrogens with zero attached hydrogens (tertiary/aromatic N) is 2. The summed E-state index contributed by atoms with van der Waals surface area (Å²) in [5, 5.41) is 11.9. The van der Waals surface area contributed by atoms with Crippen LogP contribution in [0.15, 0.2) is 12.4 Å². The Hall–Kier alpha value is -1.49. The van der Waals surface area contributed by atoms with Gasteiger partial charge in [-0.05, 0) is 13.8 Å². The average molecular weight is 223 g/mol. The second-order valence-electron chi connectivity index (χ2n) is 3.95. The summed E-state index contributed by atoms with van der Waals surface area (Å²) in [7, 11) is 0. The third-order valence-corrected chi connectivity index (χ3v) is 2.58. The largest absolute Gasteiger partial charge is 0.481 e. The van der Waals surface area contributed by atoms with Crippen molar-refractivity contribution in [3.05, 3.63) is 23.8 Å². The zero-order valence-electron chi connectivity index (χ0n) is 9.77. The number of carboxylic acid groups (broad SMARTS) is 1. The third-order valence-electron chi connectivity index (χ3n) is 2.58. The summed E-state index contributed by atoms with van der Waals surface area (Å²) in [6.45, 7) is 5.94. The Kier molecular flexibility index (Phi) is 4.37. The molecule has 0 aromatic carbocycles. The van der Waals surface area contributed by atoms with Gasteiger partial charge in [0.05, 0.1) is 17.3 Å². The van der Waals surface area contributed by atoms with Crippen molar-refractivity contribution < 1.29 is 9.90 Å². The lowest BCUT2D eigenvalue weighted by atomic mass is 10.0. The van der Waals surface area contributed by atoms with Crippen LogP contribution >= 0.6 is 0 Å². The number of carboxylic acids is 1. The molecule has 2 unspecified atom stereocenters. The zero-order chi connectivity index (χ0) is 12.1. The predicted molar refractivity (Wildman–Crippen MR) is 59.9 cm³/mol. The van der Waals surface area contributed by atoms with Crippen LogP contribution in [-0.4, -0.2) is 27.1 Å². The smallest absolute Gasteiger partial charge is 0.307 e. The Balaban J connectivity index is 2.45. The van der Waals surface area contributed by atoms with Crippen LogP contribution in [0, 0.1) is 12.8 Å². The van der Waals surface area contributed by atoms with Crippen LogP contribution in [0.2, 0.25) is 0 Å². The van der Waals surface area contributed by atoms with Crippen molar-refractivity contribution in [3.8, 4) is 0 Å². The molecule has 5 nitrogen and oxygen atoms in total. The highest BCUT2D eigenvalue weighted by Gasteiger charge is 2.18. The summed E-state index contributed by atoms with van der Waals surface area (Å²) in [6, 6.07) is -0.0967. The van der Waals surface area contributed by atoms with Gasteiger partial charge in [-0.15, -0.1) is 0 Å². The summed E-state index contributed by atoms with van der Waals surface area (Å²) in [4.78, 5) is 19.0. The molecule has 2 atom stereocenters. The third kappa shape index (κ3) is 3.58. The van der Waals surface area contributed by atoms with Crippen molar-refractivity contribution in [1.82, 2.24) is 15.3 Å². The Labute approximate surface area is 94.9 Å². The van der Waals surface area contributed by atoms with E-state index in [0.717, 1.165) is 11.4 Å². The van der Waals surface area contributed by atoms with E-state index in [1.54, 1.807) is 19.3 Å². The highest BCUT2D eigenvalue weighted by molar-refractivity contribution is 5.70. The molecule has 1 rings (SSSR count). The van der Waals surface area contributed by atoms with Gasteiger partial charge >= 0.3 is 5.97 Å². The number of hydrogen-bond acceptors (Lipinski definition) is 4. The van der Waals surface area contributed by atoms with Crippen LogP contribution in [0.3, 0.4) is 0 Å². The van der Waals surface area contributed by atoms with Crippen LogP contribution in [-0.2, 0) is 11.3 Å². The fourth-order valence-corrected chi connectivity index (χ4v) is 1.17. The highest BCUT2D eigenvalue weighted by Crippen LogP contribution is 2.03. The molecule has 16 heavy (non-hydrogen) atoms. The Morgan fingerprint density at radius 3 is 2.62 bits per heavy atom. The predicted octanol–water partition coefficient (Wildman–Crippen LogP) is 0.984. The van der Waals surface area contributed by atoms with E-state index in [1.807, 2.05) is 13.8 Å². The number of carbonyl (C=O) groups is 1. The first-order valence-electron chi connectivity index (χ1n) is 5.24. The Bertz CT molecular complexity index is 351. The minimum Gasteiger partial charge on any atom is -0.481 e. The Morgan fingerprint density at radius 2 is 2.12 bits per heavy atom. The second kappa shape index (κ2) is 5.55. The summed E-state index contributed by atoms with van der Waals surface area (Å²) in [6.07, 6.45) is 3.39. The minimum atomic E-state index is -0.796. The quantitative estimate of drug-likeness (QED) is 0.778. The van der Waals surface area contributed by atoms with Crippen molar-refractivity contribution in [1.29, 1.82) is 0 Å². The normalized spacial score (nSPS) is 14.4. The number of hydrogen-bond donors (Lipinski definition) is 2. The molecule has 0 spiro atoms. The second-order valence-corrected chi connectivity index (χ2v) is 3.95. The molecule has 0 fully saturated rings. The maximum atomic E-state index is 10.7. The number of aryl methyl sites for hydroxylation is 1. The summed E-state index contributed by atoms with van der Waals surface area (Å²) in [5.41, 5.74) is 1.69. The molecule has 1 heterocycles. The number of rotatable bonds is 5. The fraction of sp³-hybridized carbons (Fsp3) is 0.545. The van der Waals surface area contributed by atoms with Crippen molar-refractivity contribution >= 4 is 5.97 Å².